The van der Waals surface area contributed by atoms with E-state index in [9.17, 15) is 15.0 Å². The number of hydrogen-bond donors (Lipinski definition) is 2. The van der Waals surface area contributed by atoms with E-state index in [1.165, 1.54) is 0 Å². The smallest absolute Gasteiger partial charge is 0.320 e. The number of aliphatic hydroxyl groups excluding tert-OH is 2. The number of rotatable bonds is 10. The summed E-state index contributed by atoms with van der Waals surface area (Å²) >= 11 is 0. The Balaban J connectivity index is 1.99. The third-order valence-corrected chi connectivity index (χ3v) is 6.90. The molecule has 0 bridgehead atoms. The van der Waals surface area contributed by atoms with E-state index in [4.69, 9.17) is 0 Å². The van der Waals surface area contributed by atoms with Crippen molar-refractivity contribution in [3.63, 3.8) is 0 Å². The summed E-state index contributed by atoms with van der Waals surface area (Å²) < 4.78 is 0. The fourth-order valence-electron chi connectivity index (χ4n) is 4.76. The fourth-order valence-corrected chi connectivity index (χ4v) is 4.76. The predicted molar refractivity (Wildman–Crippen MR) is 138 cm³/mol. The SMILES string of the molecule is CC(C)CCN1C(=O)N(CCC(C)C)[C@H](Cc2ccccc2)[C@H](O)[C@@H](O)[C@H]1Cc1ccccc1. The number of aliphatic hydroxyl groups is 2. The molecule has 0 spiro atoms. The Bertz CT molecular complexity index is 800. The molecular formula is C29H42N2O3. The molecule has 1 aliphatic rings. The summed E-state index contributed by atoms with van der Waals surface area (Å²) in [6, 6.07) is 18.9. The van der Waals surface area contributed by atoms with Crippen molar-refractivity contribution in [2.45, 2.75) is 77.7 Å². The number of carbonyl (C=O) groups is 1. The Morgan fingerprint density at radius 1 is 0.676 bits per heavy atom. The van der Waals surface area contributed by atoms with Crippen molar-refractivity contribution in [1.82, 2.24) is 9.80 Å². The lowest BCUT2D eigenvalue weighted by Crippen LogP contribution is -2.51. The van der Waals surface area contributed by atoms with Gasteiger partial charge in [0.25, 0.3) is 0 Å². The van der Waals surface area contributed by atoms with Crippen molar-refractivity contribution in [2.24, 2.45) is 11.8 Å². The minimum absolute atomic E-state index is 0.0706. The summed E-state index contributed by atoms with van der Waals surface area (Å²) in [5.41, 5.74) is 2.10. The molecule has 5 heteroatoms. The van der Waals surface area contributed by atoms with E-state index < -0.39 is 24.3 Å². The molecule has 3 rings (SSSR count). The topological polar surface area (TPSA) is 64.0 Å². The highest BCUT2D eigenvalue weighted by molar-refractivity contribution is 5.76. The summed E-state index contributed by atoms with van der Waals surface area (Å²) in [5, 5.41) is 23.0. The van der Waals surface area contributed by atoms with Gasteiger partial charge in [0.1, 0.15) is 12.2 Å². The zero-order valence-electron chi connectivity index (χ0n) is 21.2. The highest BCUT2D eigenvalue weighted by Gasteiger charge is 2.46. The highest BCUT2D eigenvalue weighted by Crippen LogP contribution is 2.28. The van der Waals surface area contributed by atoms with Gasteiger partial charge in [0.2, 0.25) is 0 Å². The van der Waals surface area contributed by atoms with Crippen LogP contribution in [0.25, 0.3) is 0 Å². The molecule has 4 atom stereocenters. The molecule has 1 heterocycles. The molecular weight excluding hydrogens is 424 g/mol. The molecule has 1 fully saturated rings. The van der Waals surface area contributed by atoms with Crippen molar-refractivity contribution in [3.8, 4) is 0 Å². The molecule has 34 heavy (non-hydrogen) atoms. The van der Waals surface area contributed by atoms with Crippen molar-refractivity contribution in [2.75, 3.05) is 13.1 Å². The average molecular weight is 467 g/mol. The van der Waals surface area contributed by atoms with Crippen LogP contribution in [0.5, 0.6) is 0 Å². The van der Waals surface area contributed by atoms with E-state index in [0.717, 1.165) is 24.0 Å². The molecule has 2 N–H and O–H groups in total. The normalized spacial score (nSPS) is 23.6. The molecule has 5 nitrogen and oxygen atoms in total. The summed E-state index contributed by atoms with van der Waals surface area (Å²) in [4.78, 5) is 17.8. The number of hydrogen-bond acceptors (Lipinski definition) is 3. The highest BCUT2D eigenvalue weighted by atomic mass is 16.3. The molecule has 2 aromatic rings. The molecule has 2 aromatic carbocycles. The average Bonchev–Trinajstić information content (AvgIpc) is 2.88. The van der Waals surface area contributed by atoms with Gasteiger partial charge < -0.3 is 20.0 Å². The largest absolute Gasteiger partial charge is 0.388 e. The van der Waals surface area contributed by atoms with Gasteiger partial charge in [-0.15, -0.1) is 0 Å². The lowest BCUT2D eigenvalue weighted by atomic mass is 9.91. The molecule has 0 saturated carbocycles. The Kier molecular flexibility index (Phi) is 9.54. The van der Waals surface area contributed by atoms with Gasteiger partial charge in [0.05, 0.1) is 12.1 Å². The summed E-state index contributed by atoms with van der Waals surface area (Å²) in [7, 11) is 0. The molecule has 1 aliphatic heterocycles. The van der Waals surface area contributed by atoms with Crippen LogP contribution in [0.15, 0.2) is 60.7 Å². The van der Waals surface area contributed by atoms with Gasteiger partial charge in [0.15, 0.2) is 0 Å². The van der Waals surface area contributed by atoms with Gasteiger partial charge in [-0.3, -0.25) is 0 Å². The van der Waals surface area contributed by atoms with Crippen LogP contribution in [0.2, 0.25) is 0 Å². The Morgan fingerprint density at radius 3 is 1.35 bits per heavy atom. The second kappa shape index (κ2) is 12.4. The Labute approximate surface area is 205 Å². The summed E-state index contributed by atoms with van der Waals surface area (Å²) in [5.74, 6) is 0.861. The molecule has 0 unspecified atom stereocenters. The predicted octanol–water partition coefficient (Wildman–Crippen LogP) is 4.76. The van der Waals surface area contributed by atoms with E-state index in [-0.39, 0.29) is 6.03 Å². The van der Waals surface area contributed by atoms with Crippen LogP contribution < -0.4 is 0 Å². The zero-order chi connectivity index (χ0) is 24.7. The maximum absolute atomic E-state index is 14.1. The third kappa shape index (κ3) is 6.83. The van der Waals surface area contributed by atoms with Crippen LogP contribution in [-0.2, 0) is 12.8 Å². The quantitative estimate of drug-likeness (QED) is 0.531. The van der Waals surface area contributed by atoms with E-state index in [2.05, 4.69) is 27.7 Å². The third-order valence-electron chi connectivity index (χ3n) is 6.90. The minimum Gasteiger partial charge on any atom is -0.388 e. The van der Waals surface area contributed by atoms with E-state index >= 15 is 0 Å². The van der Waals surface area contributed by atoms with Crippen LogP contribution >= 0.6 is 0 Å². The first-order valence-electron chi connectivity index (χ1n) is 12.8. The Morgan fingerprint density at radius 2 is 1.03 bits per heavy atom. The fraction of sp³-hybridized carbons (Fsp3) is 0.552. The Hall–Kier alpha value is -2.37. The number of nitrogens with zero attached hydrogens (tertiary/aromatic N) is 2. The van der Waals surface area contributed by atoms with Crippen molar-refractivity contribution < 1.29 is 15.0 Å². The van der Waals surface area contributed by atoms with E-state index in [0.29, 0.717) is 37.8 Å². The second-order valence-electron chi connectivity index (χ2n) is 10.5. The van der Waals surface area contributed by atoms with Crippen molar-refractivity contribution in [1.29, 1.82) is 0 Å². The zero-order valence-corrected chi connectivity index (χ0v) is 21.2. The second-order valence-corrected chi connectivity index (χ2v) is 10.5. The molecule has 186 valence electrons. The first-order valence-corrected chi connectivity index (χ1v) is 12.8. The molecule has 0 aromatic heterocycles. The van der Waals surface area contributed by atoms with Gasteiger partial charge >= 0.3 is 6.03 Å². The van der Waals surface area contributed by atoms with Crippen LogP contribution in [0.1, 0.15) is 51.7 Å². The minimum atomic E-state index is -1.03. The summed E-state index contributed by atoms with van der Waals surface area (Å²) in [6.07, 6.45) is 0.656. The van der Waals surface area contributed by atoms with Crippen molar-refractivity contribution in [3.05, 3.63) is 71.8 Å². The molecule has 2 amide bonds. The van der Waals surface area contributed by atoms with Crippen LogP contribution in [0, 0.1) is 11.8 Å². The van der Waals surface area contributed by atoms with Gasteiger partial charge in [-0.2, -0.15) is 0 Å². The monoisotopic (exact) mass is 466 g/mol. The van der Waals surface area contributed by atoms with Gasteiger partial charge in [-0.1, -0.05) is 88.4 Å². The van der Waals surface area contributed by atoms with Crippen LogP contribution in [-0.4, -0.2) is 63.4 Å². The lowest BCUT2D eigenvalue weighted by molar-refractivity contribution is -0.0399. The molecule has 1 saturated heterocycles. The number of urea groups is 1. The van der Waals surface area contributed by atoms with Gasteiger partial charge in [-0.05, 0) is 48.6 Å². The lowest BCUT2D eigenvalue weighted by Gasteiger charge is -2.36. The van der Waals surface area contributed by atoms with Gasteiger partial charge in [-0.25, -0.2) is 4.79 Å². The van der Waals surface area contributed by atoms with Crippen LogP contribution in [0.4, 0.5) is 4.79 Å². The maximum atomic E-state index is 14.1. The van der Waals surface area contributed by atoms with Crippen molar-refractivity contribution >= 4 is 6.03 Å². The van der Waals surface area contributed by atoms with Gasteiger partial charge in [0, 0.05) is 13.1 Å². The standard InChI is InChI=1S/C29H42N2O3/c1-21(2)15-17-30-25(19-23-11-7-5-8-12-23)27(32)28(33)26(20-24-13-9-6-10-14-24)31(29(30)34)18-16-22(3)4/h5-14,21-22,25-28,32-33H,15-20H2,1-4H3/t25-,26-,27+,28+/m1/s1. The summed E-state index contributed by atoms with van der Waals surface area (Å²) in [6.45, 7) is 9.72. The first-order chi connectivity index (χ1) is 16.3. The molecule has 0 radical (unpaired) electrons. The first kappa shape index (κ1) is 26.2. The number of carbonyl (C=O) groups excluding carboxylic acids is 1. The van der Waals surface area contributed by atoms with E-state index in [1.54, 1.807) is 0 Å². The van der Waals surface area contributed by atoms with Crippen LogP contribution in [0.3, 0.4) is 0 Å². The van der Waals surface area contributed by atoms with E-state index in [1.807, 2.05) is 70.5 Å². The maximum Gasteiger partial charge on any atom is 0.320 e. The molecule has 0 aliphatic carbocycles. The number of benzene rings is 2. The number of amides is 2.